The zero-order valence-electron chi connectivity index (χ0n) is 11.6. The van der Waals surface area contributed by atoms with Gasteiger partial charge >= 0.3 is 0 Å². The van der Waals surface area contributed by atoms with Crippen molar-refractivity contribution in [2.45, 2.75) is 52.2 Å². The van der Waals surface area contributed by atoms with E-state index >= 15 is 0 Å². The fourth-order valence-corrected chi connectivity index (χ4v) is 2.21. The Morgan fingerprint density at radius 2 is 1.94 bits per heavy atom. The summed E-state index contributed by atoms with van der Waals surface area (Å²) >= 11 is 0. The zero-order valence-corrected chi connectivity index (χ0v) is 12.6. The lowest BCUT2D eigenvalue weighted by atomic mass is 10.1. The van der Waals surface area contributed by atoms with Crippen molar-refractivity contribution < 1.29 is 8.82 Å². The van der Waals surface area contributed by atoms with Gasteiger partial charge in [0.1, 0.15) is 5.75 Å². The molecule has 0 aliphatic heterocycles. The van der Waals surface area contributed by atoms with Crippen molar-refractivity contribution in [2.24, 2.45) is 0 Å². The first-order chi connectivity index (χ1) is 7.67. The summed E-state index contributed by atoms with van der Waals surface area (Å²) in [4.78, 5) is 0. The maximum atomic E-state index is 13.7. The number of hydrogen-bond acceptors (Lipinski definition) is 1. The average molecular weight is 253 g/mol. The lowest BCUT2D eigenvalue weighted by Crippen LogP contribution is -2.44. The van der Waals surface area contributed by atoms with Gasteiger partial charge in [-0.05, 0) is 42.2 Å². The van der Waals surface area contributed by atoms with Gasteiger partial charge in [-0.1, -0.05) is 27.7 Å². The normalized spacial score (nSPS) is 12.6. The molecule has 0 saturated heterocycles. The highest BCUT2D eigenvalue weighted by Gasteiger charge is 2.39. The van der Waals surface area contributed by atoms with Crippen LogP contribution in [0.3, 0.4) is 0 Å². The number of benzene rings is 1. The molecule has 0 heterocycles. The van der Waals surface area contributed by atoms with Gasteiger partial charge in [-0.3, -0.25) is 0 Å². The second-order valence-corrected chi connectivity index (χ2v) is 10.6. The van der Waals surface area contributed by atoms with Gasteiger partial charge in [-0.25, -0.2) is 4.39 Å². The summed E-state index contributed by atoms with van der Waals surface area (Å²) < 4.78 is 19.6. The Kier molecular flexibility index (Phi) is 4.02. The van der Waals surface area contributed by atoms with Crippen molar-refractivity contribution in [3.63, 3.8) is 0 Å². The molecular formula is C14H22FOSi. The molecule has 0 bridgehead atoms. The molecule has 0 N–H and O–H groups in total. The van der Waals surface area contributed by atoms with Crippen molar-refractivity contribution in [1.29, 1.82) is 0 Å². The summed E-state index contributed by atoms with van der Waals surface area (Å²) in [6, 6.07) is 6.11. The molecule has 0 aliphatic carbocycles. The van der Waals surface area contributed by atoms with Crippen LogP contribution >= 0.6 is 0 Å². The Balaban J connectivity index is 3.02. The van der Waals surface area contributed by atoms with Crippen molar-refractivity contribution in [2.75, 3.05) is 0 Å². The molecule has 1 aromatic rings. The van der Waals surface area contributed by atoms with E-state index in [0.29, 0.717) is 5.75 Å². The predicted octanol–water partition coefficient (Wildman–Crippen LogP) is 4.57. The smallest absolute Gasteiger partial charge is 0.250 e. The van der Waals surface area contributed by atoms with Gasteiger partial charge in [0, 0.05) is 6.07 Å². The highest BCUT2D eigenvalue weighted by Crippen LogP contribution is 2.38. The molecule has 95 valence electrons. The first-order valence-corrected chi connectivity index (χ1v) is 8.97. The fourth-order valence-electron chi connectivity index (χ4n) is 1.21. The molecule has 1 aromatic carbocycles. The third kappa shape index (κ3) is 3.31. The summed E-state index contributed by atoms with van der Waals surface area (Å²) in [5.74, 6) is -0.0250. The van der Waals surface area contributed by atoms with Crippen LogP contribution in [0.15, 0.2) is 12.1 Å². The summed E-state index contributed by atoms with van der Waals surface area (Å²) in [5, 5.41) is 0.0711. The maximum Gasteiger partial charge on any atom is 0.250 e. The molecule has 17 heavy (non-hydrogen) atoms. The molecule has 0 unspecified atom stereocenters. The highest BCUT2D eigenvalue weighted by molar-refractivity contribution is 6.74. The third-order valence-corrected chi connectivity index (χ3v) is 7.84. The SMILES string of the molecule is CCc1c[c]c(F)c(O[Si](C)(C)C(C)(C)C)c1. The molecule has 0 aromatic heterocycles. The molecule has 0 spiro atoms. The van der Waals surface area contributed by atoms with E-state index in [-0.39, 0.29) is 10.9 Å². The van der Waals surface area contributed by atoms with Gasteiger partial charge in [0.25, 0.3) is 8.32 Å². The van der Waals surface area contributed by atoms with Crippen molar-refractivity contribution in [1.82, 2.24) is 0 Å². The number of rotatable bonds is 3. The molecule has 0 fully saturated rings. The van der Waals surface area contributed by atoms with E-state index in [9.17, 15) is 4.39 Å². The van der Waals surface area contributed by atoms with Gasteiger partial charge in [-0.15, -0.1) is 0 Å². The minimum atomic E-state index is -1.97. The Labute approximate surface area is 105 Å². The van der Waals surface area contributed by atoms with E-state index in [1.165, 1.54) is 0 Å². The van der Waals surface area contributed by atoms with Crippen LogP contribution in [0.25, 0.3) is 0 Å². The topological polar surface area (TPSA) is 9.23 Å². The monoisotopic (exact) mass is 253 g/mol. The molecule has 0 atom stereocenters. The van der Waals surface area contributed by atoms with Crippen LogP contribution in [0.4, 0.5) is 4.39 Å². The summed E-state index contributed by atoms with van der Waals surface area (Å²) in [6.07, 6.45) is 0.866. The molecule has 1 radical (unpaired) electrons. The second-order valence-electron chi connectivity index (χ2n) is 5.90. The Bertz CT molecular complexity index is 394. The molecule has 0 saturated carbocycles. The van der Waals surface area contributed by atoms with E-state index in [0.717, 1.165) is 12.0 Å². The molecular weight excluding hydrogens is 231 g/mol. The van der Waals surface area contributed by atoms with Crippen LogP contribution in [0.2, 0.25) is 18.1 Å². The van der Waals surface area contributed by atoms with Gasteiger partial charge in [0.2, 0.25) is 0 Å². The Morgan fingerprint density at radius 1 is 1.35 bits per heavy atom. The molecule has 3 heteroatoms. The largest absolute Gasteiger partial charge is 0.542 e. The van der Waals surface area contributed by atoms with E-state index in [4.69, 9.17) is 4.43 Å². The number of halogens is 1. The summed E-state index contributed by atoms with van der Waals surface area (Å²) in [5.41, 5.74) is 1.06. The molecule has 0 aliphatic rings. The van der Waals surface area contributed by atoms with Crippen molar-refractivity contribution in [3.8, 4) is 5.75 Å². The van der Waals surface area contributed by atoms with Crippen molar-refractivity contribution in [3.05, 3.63) is 29.6 Å². The third-order valence-electron chi connectivity index (χ3n) is 3.50. The van der Waals surface area contributed by atoms with E-state index in [1.54, 1.807) is 12.1 Å². The second kappa shape index (κ2) is 4.81. The minimum absolute atomic E-state index is 0.0711. The number of aryl methyl sites for hydroxylation is 1. The van der Waals surface area contributed by atoms with Crippen molar-refractivity contribution >= 4 is 8.32 Å². The van der Waals surface area contributed by atoms with Gasteiger partial charge in [0.15, 0.2) is 5.82 Å². The van der Waals surface area contributed by atoms with Crippen LogP contribution in [-0.4, -0.2) is 8.32 Å². The first-order valence-electron chi connectivity index (χ1n) is 6.06. The molecule has 1 rings (SSSR count). The van der Waals surface area contributed by atoms with Crippen LogP contribution in [0.1, 0.15) is 33.3 Å². The maximum absolute atomic E-state index is 13.7. The highest BCUT2D eigenvalue weighted by atomic mass is 28.4. The van der Waals surface area contributed by atoms with Crippen LogP contribution < -0.4 is 4.43 Å². The van der Waals surface area contributed by atoms with E-state index in [2.05, 4.69) is 39.9 Å². The Hall–Kier alpha value is -0.833. The first kappa shape index (κ1) is 14.2. The summed E-state index contributed by atoms with van der Waals surface area (Å²) in [7, 11) is -1.97. The van der Waals surface area contributed by atoms with E-state index in [1.807, 2.05) is 6.92 Å². The molecule has 1 nitrogen and oxygen atoms in total. The lowest BCUT2D eigenvalue weighted by molar-refractivity contribution is 0.456. The minimum Gasteiger partial charge on any atom is -0.542 e. The summed E-state index contributed by atoms with van der Waals surface area (Å²) in [6.45, 7) is 12.7. The van der Waals surface area contributed by atoms with E-state index < -0.39 is 8.32 Å². The zero-order chi connectivity index (χ0) is 13.3. The average Bonchev–Trinajstić information content (AvgIpc) is 2.19. The fraction of sp³-hybridized carbons (Fsp3) is 0.571. The predicted molar refractivity (Wildman–Crippen MR) is 72.4 cm³/mol. The van der Waals surface area contributed by atoms with Gasteiger partial charge < -0.3 is 4.43 Å². The molecule has 0 amide bonds. The quantitative estimate of drug-likeness (QED) is 0.717. The standard InChI is InChI=1S/C14H22FOSi/c1-7-11-8-9-12(15)13(10-11)16-17(5,6)14(2,3)4/h8,10H,7H2,1-6H3. The van der Waals surface area contributed by atoms with Gasteiger partial charge in [-0.2, -0.15) is 0 Å². The Morgan fingerprint density at radius 3 is 2.41 bits per heavy atom. The van der Waals surface area contributed by atoms with Crippen LogP contribution in [-0.2, 0) is 6.42 Å². The van der Waals surface area contributed by atoms with Gasteiger partial charge in [0.05, 0.1) is 0 Å². The number of hydrogen-bond donors (Lipinski definition) is 0. The van der Waals surface area contributed by atoms with Crippen LogP contribution in [0.5, 0.6) is 5.75 Å². The lowest BCUT2D eigenvalue weighted by Gasteiger charge is -2.36. The van der Waals surface area contributed by atoms with Crippen LogP contribution in [0, 0.1) is 11.9 Å².